The summed E-state index contributed by atoms with van der Waals surface area (Å²) in [6.07, 6.45) is 0. The quantitative estimate of drug-likeness (QED) is 0.758. The first-order chi connectivity index (χ1) is 11.4. The van der Waals surface area contributed by atoms with Gasteiger partial charge >= 0.3 is 11.8 Å². The van der Waals surface area contributed by atoms with E-state index in [1.807, 2.05) is 32.0 Å². The van der Waals surface area contributed by atoms with Crippen molar-refractivity contribution in [1.82, 2.24) is 0 Å². The van der Waals surface area contributed by atoms with Crippen LogP contribution in [0, 0.1) is 13.8 Å². The molecule has 0 heterocycles. The monoisotopic (exact) mass is 325 g/mol. The average Bonchev–Trinajstić information content (AvgIpc) is 2.50. The molecule has 0 radical (unpaired) electrons. The molecule has 0 unspecified atom stereocenters. The van der Waals surface area contributed by atoms with Gasteiger partial charge in [0.25, 0.3) is 0 Å². The fourth-order valence-electron chi connectivity index (χ4n) is 2.25. The highest BCUT2D eigenvalue weighted by Crippen LogP contribution is 2.19. The zero-order chi connectivity index (χ0) is 17.7. The molecule has 0 atom stereocenters. The maximum atomic E-state index is 12.1. The molecule has 0 saturated carbocycles. The lowest BCUT2D eigenvalue weighted by Gasteiger charge is -2.12. The molecule has 2 rings (SSSR count). The lowest BCUT2D eigenvalue weighted by Crippen LogP contribution is -2.29. The number of nitrogens with one attached hydrogen (secondary N) is 3. The predicted molar refractivity (Wildman–Crippen MR) is 93.9 cm³/mol. The molecule has 0 bridgehead atoms. The third-order valence-corrected chi connectivity index (χ3v) is 3.37. The van der Waals surface area contributed by atoms with Crippen molar-refractivity contribution in [2.75, 3.05) is 16.0 Å². The molecular weight excluding hydrogens is 306 g/mol. The second-order valence-corrected chi connectivity index (χ2v) is 5.44. The maximum Gasteiger partial charge on any atom is 0.314 e. The molecule has 3 N–H and O–H groups in total. The van der Waals surface area contributed by atoms with Gasteiger partial charge in [-0.1, -0.05) is 24.3 Å². The molecular formula is C18H19N3O3. The van der Waals surface area contributed by atoms with Crippen LogP contribution in [0.15, 0.2) is 42.5 Å². The van der Waals surface area contributed by atoms with E-state index in [9.17, 15) is 14.4 Å². The van der Waals surface area contributed by atoms with E-state index in [2.05, 4.69) is 16.0 Å². The number of hydrogen-bond acceptors (Lipinski definition) is 3. The number of benzene rings is 2. The Bertz CT molecular complexity index is 780. The molecule has 0 aliphatic rings. The summed E-state index contributed by atoms with van der Waals surface area (Å²) >= 11 is 0. The third kappa shape index (κ3) is 4.42. The van der Waals surface area contributed by atoms with Gasteiger partial charge in [-0.25, -0.2) is 0 Å². The summed E-state index contributed by atoms with van der Waals surface area (Å²) in [5, 5.41) is 7.75. The van der Waals surface area contributed by atoms with E-state index < -0.39 is 11.8 Å². The van der Waals surface area contributed by atoms with Crippen molar-refractivity contribution in [1.29, 1.82) is 0 Å². The van der Waals surface area contributed by atoms with Crippen molar-refractivity contribution in [3.63, 3.8) is 0 Å². The van der Waals surface area contributed by atoms with Crippen molar-refractivity contribution < 1.29 is 14.4 Å². The van der Waals surface area contributed by atoms with Crippen molar-refractivity contribution in [2.24, 2.45) is 0 Å². The molecule has 2 aromatic rings. The molecule has 24 heavy (non-hydrogen) atoms. The number of amides is 3. The fourth-order valence-corrected chi connectivity index (χ4v) is 2.25. The summed E-state index contributed by atoms with van der Waals surface area (Å²) in [6.45, 7) is 5.11. The van der Waals surface area contributed by atoms with Crippen molar-refractivity contribution in [2.45, 2.75) is 20.8 Å². The van der Waals surface area contributed by atoms with Crippen LogP contribution in [0.2, 0.25) is 0 Å². The van der Waals surface area contributed by atoms with E-state index in [-0.39, 0.29) is 5.91 Å². The van der Waals surface area contributed by atoms with Gasteiger partial charge < -0.3 is 16.0 Å². The number of aryl methyl sites for hydroxylation is 2. The van der Waals surface area contributed by atoms with E-state index >= 15 is 0 Å². The molecule has 3 amide bonds. The zero-order valence-electron chi connectivity index (χ0n) is 13.8. The Morgan fingerprint density at radius 2 is 1.25 bits per heavy atom. The highest BCUT2D eigenvalue weighted by molar-refractivity contribution is 6.43. The molecule has 0 aliphatic carbocycles. The van der Waals surface area contributed by atoms with Crippen LogP contribution in [-0.4, -0.2) is 17.7 Å². The van der Waals surface area contributed by atoms with E-state index in [0.717, 1.165) is 11.1 Å². The fraction of sp³-hybridized carbons (Fsp3) is 0.167. The minimum atomic E-state index is -0.780. The molecule has 0 aliphatic heterocycles. The molecule has 0 spiro atoms. The molecule has 6 heteroatoms. The van der Waals surface area contributed by atoms with Gasteiger partial charge in [-0.05, 0) is 43.2 Å². The Morgan fingerprint density at radius 1 is 0.750 bits per heavy atom. The Morgan fingerprint density at radius 3 is 1.83 bits per heavy atom. The minimum Gasteiger partial charge on any atom is -0.326 e. The summed E-state index contributed by atoms with van der Waals surface area (Å²) in [5.74, 6) is -1.75. The van der Waals surface area contributed by atoms with Crippen LogP contribution in [0.5, 0.6) is 0 Å². The lowest BCUT2D eigenvalue weighted by molar-refractivity contribution is -0.133. The molecule has 0 aromatic heterocycles. The van der Waals surface area contributed by atoms with Gasteiger partial charge in [-0.3, -0.25) is 14.4 Å². The van der Waals surface area contributed by atoms with E-state index in [1.54, 1.807) is 24.3 Å². The van der Waals surface area contributed by atoms with Crippen LogP contribution in [0.25, 0.3) is 0 Å². The summed E-state index contributed by atoms with van der Waals surface area (Å²) in [5.41, 5.74) is 3.34. The Balaban J connectivity index is 2.07. The van der Waals surface area contributed by atoms with Crippen LogP contribution in [0.1, 0.15) is 18.1 Å². The second-order valence-electron chi connectivity index (χ2n) is 5.44. The number of carbonyl (C=O) groups excluding carboxylic acids is 3. The smallest absolute Gasteiger partial charge is 0.314 e. The van der Waals surface area contributed by atoms with E-state index in [1.165, 1.54) is 6.92 Å². The molecule has 2 aromatic carbocycles. The number of carbonyl (C=O) groups is 3. The molecule has 124 valence electrons. The largest absolute Gasteiger partial charge is 0.326 e. The van der Waals surface area contributed by atoms with E-state index in [0.29, 0.717) is 17.1 Å². The Labute approximate surface area is 140 Å². The Hall–Kier alpha value is -3.15. The first kappa shape index (κ1) is 17.2. The number of rotatable bonds is 3. The van der Waals surface area contributed by atoms with Gasteiger partial charge in [0.05, 0.1) is 0 Å². The number of hydrogen-bond donors (Lipinski definition) is 3. The standard InChI is InChI=1S/C18H19N3O3/c1-11-6-4-7-12(2)16(11)21-18(24)17(23)20-15-9-5-8-14(10-15)19-13(3)22/h4-10H,1-3H3,(H,19,22)(H,20,23)(H,21,24). The van der Waals surface area contributed by atoms with Gasteiger partial charge in [-0.15, -0.1) is 0 Å². The van der Waals surface area contributed by atoms with Gasteiger partial charge in [0.2, 0.25) is 5.91 Å². The molecule has 0 fully saturated rings. The first-order valence-corrected chi connectivity index (χ1v) is 7.43. The van der Waals surface area contributed by atoms with Gasteiger partial charge in [0.1, 0.15) is 0 Å². The summed E-state index contributed by atoms with van der Waals surface area (Å²) in [7, 11) is 0. The van der Waals surface area contributed by atoms with Crippen LogP contribution in [0.4, 0.5) is 17.1 Å². The first-order valence-electron chi connectivity index (χ1n) is 7.43. The highest BCUT2D eigenvalue weighted by Gasteiger charge is 2.16. The van der Waals surface area contributed by atoms with Crippen LogP contribution in [-0.2, 0) is 14.4 Å². The van der Waals surface area contributed by atoms with Crippen molar-refractivity contribution >= 4 is 34.8 Å². The van der Waals surface area contributed by atoms with Gasteiger partial charge in [0, 0.05) is 24.0 Å². The van der Waals surface area contributed by atoms with E-state index in [4.69, 9.17) is 0 Å². The van der Waals surface area contributed by atoms with Gasteiger partial charge in [0.15, 0.2) is 0 Å². The van der Waals surface area contributed by atoms with Crippen LogP contribution < -0.4 is 16.0 Å². The van der Waals surface area contributed by atoms with Crippen molar-refractivity contribution in [3.8, 4) is 0 Å². The number of para-hydroxylation sites is 1. The SMILES string of the molecule is CC(=O)Nc1cccc(NC(=O)C(=O)Nc2c(C)cccc2C)c1. The number of anilines is 3. The van der Waals surface area contributed by atoms with Crippen molar-refractivity contribution in [3.05, 3.63) is 53.6 Å². The van der Waals surface area contributed by atoms with Crippen LogP contribution >= 0.6 is 0 Å². The second kappa shape index (κ2) is 7.41. The van der Waals surface area contributed by atoms with Crippen LogP contribution in [0.3, 0.4) is 0 Å². The normalized spacial score (nSPS) is 9.96. The predicted octanol–water partition coefficient (Wildman–Crippen LogP) is 2.84. The maximum absolute atomic E-state index is 12.1. The average molecular weight is 325 g/mol. The third-order valence-electron chi connectivity index (χ3n) is 3.37. The Kier molecular flexibility index (Phi) is 5.31. The lowest BCUT2D eigenvalue weighted by atomic mass is 10.1. The highest BCUT2D eigenvalue weighted by atomic mass is 16.2. The minimum absolute atomic E-state index is 0.216. The summed E-state index contributed by atoms with van der Waals surface area (Å²) in [4.78, 5) is 35.2. The topological polar surface area (TPSA) is 87.3 Å². The molecule has 6 nitrogen and oxygen atoms in total. The van der Waals surface area contributed by atoms with Gasteiger partial charge in [-0.2, -0.15) is 0 Å². The summed E-state index contributed by atoms with van der Waals surface area (Å²) < 4.78 is 0. The zero-order valence-corrected chi connectivity index (χ0v) is 13.8. The summed E-state index contributed by atoms with van der Waals surface area (Å²) in [6, 6.07) is 12.2. The molecule has 0 saturated heterocycles.